The molecule has 3 N–H and O–H groups in total. The highest BCUT2D eigenvalue weighted by Gasteiger charge is 2.26. The second kappa shape index (κ2) is 2.64. The molecule has 0 aromatic carbocycles. The Kier molecular flexibility index (Phi) is 2.40. The van der Waals surface area contributed by atoms with Crippen LogP contribution in [0, 0.1) is 0 Å². The van der Waals surface area contributed by atoms with Crippen molar-refractivity contribution in [1.29, 1.82) is 0 Å². The number of primary amides is 1. The van der Waals surface area contributed by atoms with Crippen LogP contribution in [0.5, 0.6) is 0 Å². The lowest BCUT2D eigenvalue weighted by Crippen LogP contribution is -2.41. The van der Waals surface area contributed by atoms with Crippen molar-refractivity contribution in [1.82, 2.24) is 0 Å². The molecule has 0 aliphatic heterocycles. The molecule has 0 aromatic rings. The fourth-order valence-corrected chi connectivity index (χ4v) is 0.419. The van der Waals surface area contributed by atoms with Crippen molar-refractivity contribution in [3.05, 3.63) is 12.7 Å². The monoisotopic (exact) mass is 129 g/mol. The molecule has 0 bridgehead atoms. The third-order valence-corrected chi connectivity index (χ3v) is 1.30. The highest BCUT2D eigenvalue weighted by atomic mass is 16.3. The molecule has 1 amide bonds. The van der Waals surface area contributed by atoms with E-state index >= 15 is 0 Å². The Balaban J connectivity index is 4.27. The lowest BCUT2D eigenvalue weighted by molar-refractivity contribution is -0.131. The first-order chi connectivity index (χ1) is 4.06. The van der Waals surface area contributed by atoms with E-state index in [1.165, 1.54) is 0 Å². The molecule has 3 nitrogen and oxygen atoms in total. The average molecular weight is 129 g/mol. The maximum absolute atomic E-state index is 10.4. The minimum atomic E-state index is -1.51. The van der Waals surface area contributed by atoms with E-state index in [-0.39, 0.29) is 6.42 Å². The van der Waals surface area contributed by atoms with E-state index in [0.29, 0.717) is 0 Å². The summed E-state index contributed by atoms with van der Waals surface area (Å²) in [4.78, 5) is 10.4. The molecule has 0 aliphatic rings. The molecule has 0 unspecified atom stereocenters. The molecule has 0 radical (unpaired) electrons. The second-order valence-corrected chi connectivity index (χ2v) is 1.85. The van der Waals surface area contributed by atoms with Crippen LogP contribution in [0.25, 0.3) is 0 Å². The summed E-state index contributed by atoms with van der Waals surface area (Å²) in [6.45, 7) is 4.93. The molecule has 1 atom stereocenters. The Morgan fingerprint density at radius 2 is 2.44 bits per heavy atom. The summed E-state index contributed by atoms with van der Waals surface area (Å²) in [7, 11) is 0. The van der Waals surface area contributed by atoms with E-state index in [0.717, 1.165) is 6.08 Å². The number of hydrogen-bond acceptors (Lipinski definition) is 2. The van der Waals surface area contributed by atoms with Crippen LogP contribution in [0.1, 0.15) is 13.3 Å². The van der Waals surface area contributed by atoms with Gasteiger partial charge < -0.3 is 10.8 Å². The summed E-state index contributed by atoms with van der Waals surface area (Å²) in [5, 5.41) is 9.11. The smallest absolute Gasteiger partial charge is 0.253 e. The summed E-state index contributed by atoms with van der Waals surface area (Å²) in [5.41, 5.74) is 3.32. The van der Waals surface area contributed by atoms with Crippen molar-refractivity contribution in [3.63, 3.8) is 0 Å². The summed E-state index contributed by atoms with van der Waals surface area (Å²) >= 11 is 0. The molecule has 0 rings (SSSR count). The van der Waals surface area contributed by atoms with Crippen molar-refractivity contribution in [2.45, 2.75) is 18.9 Å². The molecule has 0 fully saturated rings. The van der Waals surface area contributed by atoms with E-state index < -0.39 is 11.5 Å². The Morgan fingerprint density at radius 3 is 2.44 bits per heavy atom. The van der Waals surface area contributed by atoms with Gasteiger partial charge in [-0.25, -0.2) is 0 Å². The van der Waals surface area contributed by atoms with Gasteiger partial charge in [0.05, 0.1) is 0 Å². The van der Waals surface area contributed by atoms with Gasteiger partial charge in [0.15, 0.2) is 5.60 Å². The van der Waals surface area contributed by atoms with E-state index in [1.54, 1.807) is 6.92 Å². The van der Waals surface area contributed by atoms with Crippen LogP contribution >= 0.6 is 0 Å². The minimum Gasteiger partial charge on any atom is -0.376 e. The standard InChI is InChI=1S/C6H11NO2/c1-3-6(9,4-2)5(7)8/h3,9H,1,4H2,2H3,(H2,7,8)/t6-/m0/s1. The van der Waals surface area contributed by atoms with Gasteiger partial charge in [-0.3, -0.25) is 4.79 Å². The molecule has 0 saturated heterocycles. The molecule has 0 spiro atoms. The topological polar surface area (TPSA) is 63.3 Å². The summed E-state index contributed by atoms with van der Waals surface area (Å²) in [5.74, 6) is -0.750. The van der Waals surface area contributed by atoms with Crippen LogP contribution in [0.4, 0.5) is 0 Å². The largest absolute Gasteiger partial charge is 0.376 e. The lowest BCUT2D eigenvalue weighted by atomic mass is 10.0. The fourth-order valence-electron chi connectivity index (χ4n) is 0.419. The molecule has 0 heterocycles. The summed E-state index contributed by atoms with van der Waals surface area (Å²) in [6, 6.07) is 0. The summed E-state index contributed by atoms with van der Waals surface area (Å²) < 4.78 is 0. The average Bonchev–Trinajstić information content (AvgIpc) is 1.86. The van der Waals surface area contributed by atoms with Gasteiger partial charge in [0.2, 0.25) is 0 Å². The van der Waals surface area contributed by atoms with Gasteiger partial charge in [0, 0.05) is 0 Å². The normalized spacial score (nSPS) is 16.2. The van der Waals surface area contributed by atoms with Crippen LogP contribution in [0.2, 0.25) is 0 Å². The van der Waals surface area contributed by atoms with E-state index in [9.17, 15) is 4.79 Å². The van der Waals surface area contributed by atoms with Crippen molar-refractivity contribution >= 4 is 5.91 Å². The van der Waals surface area contributed by atoms with Crippen LogP contribution in [-0.2, 0) is 4.79 Å². The SMILES string of the molecule is C=C[C@](O)(CC)C(N)=O. The van der Waals surface area contributed by atoms with E-state index in [2.05, 4.69) is 6.58 Å². The molecule has 9 heavy (non-hydrogen) atoms. The fraction of sp³-hybridized carbons (Fsp3) is 0.500. The van der Waals surface area contributed by atoms with Gasteiger partial charge in [-0.15, -0.1) is 0 Å². The lowest BCUT2D eigenvalue weighted by Gasteiger charge is -2.16. The number of carbonyl (C=O) groups excluding carboxylic acids is 1. The van der Waals surface area contributed by atoms with Crippen molar-refractivity contribution in [2.75, 3.05) is 0 Å². The zero-order chi connectivity index (χ0) is 7.49. The van der Waals surface area contributed by atoms with Crippen LogP contribution in [-0.4, -0.2) is 16.6 Å². The molecule has 0 saturated carbocycles. The summed E-state index contributed by atoms with van der Waals surface area (Å²) in [6.07, 6.45) is 1.42. The highest BCUT2D eigenvalue weighted by Crippen LogP contribution is 2.08. The number of amides is 1. The first-order valence-corrected chi connectivity index (χ1v) is 2.72. The Morgan fingerprint density at radius 1 is 2.00 bits per heavy atom. The van der Waals surface area contributed by atoms with Gasteiger partial charge in [-0.2, -0.15) is 0 Å². The van der Waals surface area contributed by atoms with E-state index in [4.69, 9.17) is 10.8 Å². The predicted molar refractivity (Wildman–Crippen MR) is 34.6 cm³/mol. The van der Waals surface area contributed by atoms with Crippen molar-refractivity contribution < 1.29 is 9.90 Å². The Labute approximate surface area is 54.2 Å². The van der Waals surface area contributed by atoms with Gasteiger partial charge in [0.1, 0.15) is 0 Å². The molecule has 0 aliphatic carbocycles. The zero-order valence-electron chi connectivity index (χ0n) is 5.42. The van der Waals surface area contributed by atoms with E-state index in [1.807, 2.05) is 0 Å². The number of rotatable bonds is 3. The molecule has 0 aromatic heterocycles. The Hall–Kier alpha value is -0.830. The quantitative estimate of drug-likeness (QED) is 0.518. The Bertz CT molecular complexity index is 133. The second-order valence-electron chi connectivity index (χ2n) is 1.85. The highest BCUT2D eigenvalue weighted by molar-refractivity contribution is 5.85. The zero-order valence-corrected chi connectivity index (χ0v) is 5.42. The number of carbonyl (C=O) groups is 1. The third-order valence-electron chi connectivity index (χ3n) is 1.30. The molecular formula is C6H11NO2. The van der Waals surface area contributed by atoms with Gasteiger partial charge >= 0.3 is 0 Å². The molecule has 52 valence electrons. The van der Waals surface area contributed by atoms with Crippen molar-refractivity contribution in [2.24, 2.45) is 5.73 Å². The third kappa shape index (κ3) is 1.54. The van der Waals surface area contributed by atoms with Crippen molar-refractivity contribution in [3.8, 4) is 0 Å². The number of nitrogens with two attached hydrogens (primary N) is 1. The number of aliphatic hydroxyl groups is 1. The van der Waals surface area contributed by atoms with Crippen LogP contribution < -0.4 is 5.73 Å². The van der Waals surface area contributed by atoms with Crippen LogP contribution in [0.15, 0.2) is 12.7 Å². The molecular weight excluding hydrogens is 118 g/mol. The van der Waals surface area contributed by atoms with Gasteiger partial charge in [-0.05, 0) is 6.42 Å². The van der Waals surface area contributed by atoms with Gasteiger partial charge in [-0.1, -0.05) is 19.6 Å². The molecule has 3 heteroatoms. The maximum atomic E-state index is 10.4. The first-order valence-electron chi connectivity index (χ1n) is 2.72. The number of hydrogen-bond donors (Lipinski definition) is 2. The minimum absolute atomic E-state index is 0.270. The van der Waals surface area contributed by atoms with Crippen LogP contribution in [0.3, 0.4) is 0 Å². The van der Waals surface area contributed by atoms with Gasteiger partial charge in [0.25, 0.3) is 5.91 Å². The predicted octanol–water partition coefficient (Wildman–Crippen LogP) is -0.201. The maximum Gasteiger partial charge on any atom is 0.253 e. The first kappa shape index (κ1) is 8.17.